The third-order valence-electron chi connectivity index (χ3n) is 3.31. The maximum Gasteiger partial charge on any atom is 0.251 e. The third kappa shape index (κ3) is 5.85. The van der Waals surface area contributed by atoms with Crippen molar-refractivity contribution in [3.8, 4) is 0 Å². The van der Waals surface area contributed by atoms with Crippen molar-refractivity contribution in [3.05, 3.63) is 68.7 Å². The Morgan fingerprint density at radius 2 is 1.96 bits per heavy atom. The number of nitrogens with one attached hydrogen (secondary N) is 2. The van der Waals surface area contributed by atoms with Crippen molar-refractivity contribution >= 4 is 50.4 Å². The van der Waals surface area contributed by atoms with E-state index in [2.05, 4.69) is 21.2 Å². The highest BCUT2D eigenvalue weighted by atomic mass is 79.9. The van der Waals surface area contributed by atoms with Crippen molar-refractivity contribution in [1.82, 2.24) is 5.32 Å². The Bertz CT molecular complexity index is 737. The highest BCUT2D eigenvalue weighted by molar-refractivity contribution is 9.10. The molecule has 0 spiro atoms. The SMILES string of the molecule is N=C(N)SCc1cc(Br)ccc1C(=O)NCCc1ccc(Cl)cc1. The summed E-state index contributed by atoms with van der Waals surface area (Å²) in [6.07, 6.45) is 0.733. The lowest BCUT2D eigenvalue weighted by atomic mass is 10.1. The molecule has 2 rings (SSSR count). The van der Waals surface area contributed by atoms with Gasteiger partial charge < -0.3 is 11.1 Å². The molecular weight excluding hydrogens is 410 g/mol. The topological polar surface area (TPSA) is 79.0 Å². The average molecular weight is 427 g/mol. The van der Waals surface area contributed by atoms with Crippen molar-refractivity contribution in [2.24, 2.45) is 5.73 Å². The van der Waals surface area contributed by atoms with Gasteiger partial charge in [0, 0.05) is 27.4 Å². The summed E-state index contributed by atoms with van der Waals surface area (Å²) in [4.78, 5) is 12.4. The first kappa shape index (κ1) is 18.8. The van der Waals surface area contributed by atoms with Crippen molar-refractivity contribution in [2.75, 3.05) is 6.54 Å². The molecule has 0 saturated heterocycles. The van der Waals surface area contributed by atoms with E-state index in [1.807, 2.05) is 36.4 Å². The Morgan fingerprint density at radius 3 is 2.62 bits per heavy atom. The predicted molar refractivity (Wildman–Crippen MR) is 105 cm³/mol. The van der Waals surface area contributed by atoms with Crippen molar-refractivity contribution in [2.45, 2.75) is 12.2 Å². The van der Waals surface area contributed by atoms with Crippen LogP contribution in [0.5, 0.6) is 0 Å². The van der Waals surface area contributed by atoms with E-state index >= 15 is 0 Å². The quantitative estimate of drug-likeness (QED) is 0.478. The largest absolute Gasteiger partial charge is 0.379 e. The van der Waals surface area contributed by atoms with Crippen LogP contribution in [0.3, 0.4) is 0 Å². The van der Waals surface area contributed by atoms with Gasteiger partial charge in [-0.2, -0.15) is 0 Å². The molecule has 0 bridgehead atoms. The second-order valence-electron chi connectivity index (χ2n) is 5.09. The molecule has 0 aliphatic carbocycles. The number of thioether (sulfide) groups is 1. The summed E-state index contributed by atoms with van der Waals surface area (Å²) < 4.78 is 0.888. The van der Waals surface area contributed by atoms with Gasteiger partial charge in [0.25, 0.3) is 5.91 Å². The number of carbonyl (C=O) groups excluding carboxylic acids is 1. The molecule has 24 heavy (non-hydrogen) atoms. The smallest absolute Gasteiger partial charge is 0.251 e. The summed E-state index contributed by atoms with van der Waals surface area (Å²) >= 11 is 10.5. The van der Waals surface area contributed by atoms with Crippen LogP contribution in [-0.2, 0) is 12.2 Å². The predicted octanol–water partition coefficient (Wildman–Crippen LogP) is 4.20. The number of rotatable bonds is 6. The molecule has 0 heterocycles. The van der Waals surface area contributed by atoms with E-state index in [0.717, 1.165) is 22.0 Å². The molecule has 0 radical (unpaired) electrons. The number of halogens is 2. The van der Waals surface area contributed by atoms with Gasteiger partial charge in [-0.25, -0.2) is 0 Å². The molecule has 2 aromatic carbocycles. The molecule has 4 N–H and O–H groups in total. The molecule has 0 saturated carbocycles. The van der Waals surface area contributed by atoms with Gasteiger partial charge in [0.15, 0.2) is 5.17 Å². The number of hydrogen-bond donors (Lipinski definition) is 3. The Morgan fingerprint density at radius 1 is 1.25 bits per heavy atom. The van der Waals surface area contributed by atoms with Crippen LogP contribution < -0.4 is 11.1 Å². The second-order valence-corrected chi connectivity index (χ2v) is 7.46. The standard InChI is InChI=1S/C17H17BrClN3OS/c18-13-3-6-15(12(9-13)10-24-17(20)21)16(23)22-8-7-11-1-4-14(19)5-2-11/h1-6,9H,7-8,10H2,(H3,20,21)(H,22,23). The lowest BCUT2D eigenvalue weighted by Gasteiger charge is -2.11. The fraction of sp³-hybridized carbons (Fsp3) is 0.176. The molecule has 0 fully saturated rings. The van der Waals surface area contributed by atoms with Crippen LogP contribution in [0.2, 0.25) is 5.02 Å². The Balaban J connectivity index is 1.98. The van der Waals surface area contributed by atoms with E-state index in [1.165, 1.54) is 11.8 Å². The number of hydrogen-bond acceptors (Lipinski definition) is 3. The fourth-order valence-corrected chi connectivity index (χ4v) is 3.21. The second kappa shape index (κ2) is 9.11. The molecule has 1 amide bonds. The van der Waals surface area contributed by atoms with Gasteiger partial charge in [0.05, 0.1) is 0 Å². The van der Waals surface area contributed by atoms with Crippen LogP contribution in [0, 0.1) is 5.41 Å². The first-order valence-corrected chi connectivity index (χ1v) is 9.39. The van der Waals surface area contributed by atoms with Gasteiger partial charge in [-0.15, -0.1) is 0 Å². The Hall–Kier alpha value is -1.50. The zero-order valence-corrected chi connectivity index (χ0v) is 16.0. The number of benzene rings is 2. The summed E-state index contributed by atoms with van der Waals surface area (Å²) in [6.45, 7) is 0.538. The number of amidine groups is 1. The lowest BCUT2D eigenvalue weighted by Crippen LogP contribution is -2.26. The summed E-state index contributed by atoms with van der Waals surface area (Å²) in [5.41, 5.74) is 7.94. The zero-order valence-electron chi connectivity index (χ0n) is 12.8. The Labute approximate surface area is 158 Å². The van der Waals surface area contributed by atoms with E-state index in [4.69, 9.17) is 22.7 Å². The summed E-state index contributed by atoms with van der Waals surface area (Å²) in [5.74, 6) is 0.352. The molecule has 0 aromatic heterocycles. The number of carbonyl (C=O) groups is 1. The highest BCUT2D eigenvalue weighted by Crippen LogP contribution is 2.21. The van der Waals surface area contributed by atoms with E-state index in [0.29, 0.717) is 22.9 Å². The summed E-state index contributed by atoms with van der Waals surface area (Å²) in [5, 5.41) is 11.0. The van der Waals surface area contributed by atoms with Crippen molar-refractivity contribution in [1.29, 1.82) is 5.41 Å². The van der Waals surface area contributed by atoms with Crippen LogP contribution in [0.1, 0.15) is 21.5 Å². The minimum absolute atomic E-state index is 0.0315. The first-order valence-electron chi connectivity index (χ1n) is 7.23. The van der Waals surface area contributed by atoms with E-state index in [1.54, 1.807) is 6.07 Å². The molecule has 2 aromatic rings. The molecular formula is C17H17BrClN3OS. The van der Waals surface area contributed by atoms with Crippen LogP contribution in [-0.4, -0.2) is 17.6 Å². The van der Waals surface area contributed by atoms with Gasteiger partial charge in [-0.05, 0) is 47.9 Å². The van der Waals surface area contributed by atoms with Crippen LogP contribution in [0.15, 0.2) is 46.9 Å². The molecule has 7 heteroatoms. The van der Waals surface area contributed by atoms with Crippen molar-refractivity contribution in [3.63, 3.8) is 0 Å². The zero-order chi connectivity index (χ0) is 17.5. The Kier molecular flexibility index (Phi) is 7.15. The molecule has 0 unspecified atom stereocenters. The maximum atomic E-state index is 12.4. The van der Waals surface area contributed by atoms with Gasteiger partial charge in [-0.1, -0.05) is 51.4 Å². The molecule has 0 aliphatic rings. The molecule has 4 nitrogen and oxygen atoms in total. The molecule has 0 atom stereocenters. The average Bonchev–Trinajstić information content (AvgIpc) is 2.54. The minimum atomic E-state index is -0.129. The van der Waals surface area contributed by atoms with Crippen LogP contribution >= 0.6 is 39.3 Å². The third-order valence-corrected chi connectivity index (χ3v) is 4.82. The monoisotopic (exact) mass is 425 g/mol. The molecule has 0 aliphatic heterocycles. The summed E-state index contributed by atoms with van der Waals surface area (Å²) in [6, 6.07) is 13.1. The van der Waals surface area contributed by atoms with E-state index in [-0.39, 0.29) is 11.1 Å². The summed E-state index contributed by atoms with van der Waals surface area (Å²) in [7, 11) is 0. The fourth-order valence-electron chi connectivity index (χ4n) is 2.13. The van der Waals surface area contributed by atoms with Crippen LogP contribution in [0.4, 0.5) is 0 Å². The highest BCUT2D eigenvalue weighted by Gasteiger charge is 2.12. The number of amides is 1. The molecule has 126 valence electrons. The van der Waals surface area contributed by atoms with Gasteiger partial charge >= 0.3 is 0 Å². The lowest BCUT2D eigenvalue weighted by molar-refractivity contribution is 0.0953. The van der Waals surface area contributed by atoms with Gasteiger partial charge in [0.2, 0.25) is 0 Å². The van der Waals surface area contributed by atoms with Gasteiger partial charge in [-0.3, -0.25) is 10.2 Å². The van der Waals surface area contributed by atoms with E-state index < -0.39 is 0 Å². The van der Waals surface area contributed by atoms with Crippen LogP contribution in [0.25, 0.3) is 0 Å². The maximum absolute atomic E-state index is 12.4. The first-order chi connectivity index (χ1) is 11.5. The number of nitrogens with two attached hydrogens (primary N) is 1. The van der Waals surface area contributed by atoms with Crippen molar-refractivity contribution < 1.29 is 4.79 Å². The minimum Gasteiger partial charge on any atom is -0.379 e. The van der Waals surface area contributed by atoms with Gasteiger partial charge in [0.1, 0.15) is 0 Å². The normalized spacial score (nSPS) is 10.4. The van der Waals surface area contributed by atoms with E-state index in [9.17, 15) is 4.79 Å².